The van der Waals surface area contributed by atoms with Crippen LogP contribution in [0.1, 0.15) is 106 Å². The zero-order chi connectivity index (χ0) is 33.5. The van der Waals surface area contributed by atoms with Crippen molar-refractivity contribution in [3.63, 3.8) is 0 Å². The topological polar surface area (TPSA) is 54.9 Å². The Bertz CT molecular complexity index is 1610. The van der Waals surface area contributed by atoms with Crippen molar-refractivity contribution in [2.75, 3.05) is 24.5 Å². The molecule has 2 aromatic carbocycles. The molecular formula is C40H52FN3O3. The maximum Gasteiger partial charge on any atom is 0.340 e. The number of rotatable bonds is 8. The van der Waals surface area contributed by atoms with Crippen molar-refractivity contribution in [1.82, 2.24) is 9.88 Å². The summed E-state index contributed by atoms with van der Waals surface area (Å²) in [6.45, 7) is 18.0. The highest BCUT2D eigenvalue weighted by molar-refractivity contribution is 5.88. The van der Waals surface area contributed by atoms with Gasteiger partial charge in [0.25, 0.3) is 0 Å². The van der Waals surface area contributed by atoms with E-state index in [2.05, 4.69) is 34.9 Å². The molecule has 1 spiro atoms. The number of halogens is 1. The third-order valence-corrected chi connectivity index (χ3v) is 10.4. The molecule has 1 unspecified atom stereocenters. The van der Waals surface area contributed by atoms with E-state index in [4.69, 9.17) is 14.5 Å². The second-order valence-electron chi connectivity index (χ2n) is 15.4. The van der Waals surface area contributed by atoms with E-state index >= 15 is 0 Å². The smallest absolute Gasteiger partial charge is 0.340 e. The van der Waals surface area contributed by atoms with Crippen molar-refractivity contribution in [3.05, 3.63) is 81.9 Å². The summed E-state index contributed by atoms with van der Waals surface area (Å²) in [7, 11) is 0. The van der Waals surface area contributed by atoms with Crippen LogP contribution in [-0.2, 0) is 33.8 Å². The molecule has 1 atom stereocenters. The summed E-state index contributed by atoms with van der Waals surface area (Å²) in [5.74, 6) is -0.518. The molecule has 7 heteroatoms. The zero-order valence-corrected chi connectivity index (χ0v) is 29.4. The Balaban J connectivity index is 1.42. The molecule has 0 N–H and O–H groups in total. The molecule has 47 heavy (non-hydrogen) atoms. The predicted octanol–water partition coefficient (Wildman–Crippen LogP) is 8.64. The standard InChI is InChI=1S/C40H52FN3O3/c1-26(2)46-38(45)37(47-39(5,6)7)35-28(4)42-27(3)34(36(35)44-21-18-40(19-22-44)16-10-17-40)30-13-14-31-24-43(20-15-29(31)23-30)25-32-11-8-9-12-33(32)41/h8-9,11-14,23,26,37H,10,15-22,24-25H2,1-7H3. The van der Waals surface area contributed by atoms with Gasteiger partial charge in [-0.1, -0.05) is 42.8 Å². The Labute approximate surface area is 280 Å². The van der Waals surface area contributed by atoms with Crippen LogP contribution in [0.4, 0.5) is 10.1 Å². The molecule has 1 aliphatic carbocycles. The van der Waals surface area contributed by atoms with Crippen LogP contribution in [0.5, 0.6) is 0 Å². The van der Waals surface area contributed by atoms with Crippen molar-refractivity contribution >= 4 is 11.7 Å². The molecule has 1 aromatic heterocycles. The van der Waals surface area contributed by atoms with E-state index in [0.717, 1.165) is 84.8 Å². The highest BCUT2D eigenvalue weighted by Crippen LogP contribution is 2.51. The van der Waals surface area contributed by atoms with Gasteiger partial charge in [0, 0.05) is 60.8 Å². The van der Waals surface area contributed by atoms with Crippen molar-refractivity contribution in [1.29, 1.82) is 0 Å². The second kappa shape index (κ2) is 13.3. The lowest BCUT2D eigenvalue weighted by atomic mass is 9.63. The number of hydrogen-bond acceptors (Lipinski definition) is 6. The molecule has 6 rings (SSSR count). The van der Waals surface area contributed by atoms with Crippen molar-refractivity contribution in [2.24, 2.45) is 5.41 Å². The number of hydrogen-bond donors (Lipinski definition) is 0. The molecule has 3 heterocycles. The molecule has 2 fully saturated rings. The average Bonchev–Trinajstić information content (AvgIpc) is 2.99. The number of carbonyl (C=O) groups excluding carboxylic acids is 1. The first kappa shape index (κ1) is 33.6. The van der Waals surface area contributed by atoms with Crippen LogP contribution in [0.15, 0.2) is 42.5 Å². The highest BCUT2D eigenvalue weighted by atomic mass is 19.1. The van der Waals surface area contributed by atoms with E-state index in [-0.39, 0.29) is 17.9 Å². The lowest BCUT2D eigenvalue weighted by Crippen LogP contribution is -2.44. The Morgan fingerprint density at radius 3 is 2.34 bits per heavy atom. The quantitative estimate of drug-likeness (QED) is 0.230. The van der Waals surface area contributed by atoms with Gasteiger partial charge in [-0.05, 0) is 109 Å². The lowest BCUT2D eigenvalue weighted by Gasteiger charge is -2.49. The summed E-state index contributed by atoms with van der Waals surface area (Å²) in [5.41, 5.74) is 9.06. The average molecular weight is 642 g/mol. The van der Waals surface area contributed by atoms with E-state index < -0.39 is 11.7 Å². The Kier molecular flexibility index (Phi) is 9.52. The summed E-state index contributed by atoms with van der Waals surface area (Å²) < 4.78 is 26.9. The molecule has 1 saturated heterocycles. The van der Waals surface area contributed by atoms with Gasteiger partial charge in [0.05, 0.1) is 17.4 Å². The fraction of sp³-hybridized carbons (Fsp3) is 0.550. The lowest BCUT2D eigenvalue weighted by molar-refractivity contribution is -0.171. The summed E-state index contributed by atoms with van der Waals surface area (Å²) in [5, 5.41) is 0. The van der Waals surface area contributed by atoms with Crippen LogP contribution in [0, 0.1) is 25.1 Å². The van der Waals surface area contributed by atoms with Crippen LogP contribution in [0.2, 0.25) is 0 Å². The number of nitrogens with zero attached hydrogens (tertiary/aromatic N) is 3. The molecule has 3 aliphatic rings. The Morgan fingerprint density at radius 2 is 1.70 bits per heavy atom. The second-order valence-corrected chi connectivity index (χ2v) is 15.4. The first-order valence-corrected chi connectivity index (χ1v) is 17.5. The number of pyridine rings is 1. The number of ether oxygens (including phenoxy) is 2. The third-order valence-electron chi connectivity index (χ3n) is 10.4. The Morgan fingerprint density at radius 1 is 0.979 bits per heavy atom. The van der Waals surface area contributed by atoms with E-state index in [9.17, 15) is 9.18 Å². The van der Waals surface area contributed by atoms with Crippen molar-refractivity contribution < 1.29 is 18.7 Å². The number of aryl methyl sites for hydroxylation is 2. The number of carbonyl (C=O) groups is 1. The molecule has 3 aromatic rings. The first-order chi connectivity index (χ1) is 22.3. The van der Waals surface area contributed by atoms with Crippen molar-refractivity contribution in [2.45, 2.75) is 118 Å². The van der Waals surface area contributed by atoms with Crippen molar-refractivity contribution in [3.8, 4) is 11.1 Å². The maximum absolute atomic E-state index is 14.4. The maximum atomic E-state index is 14.4. The minimum atomic E-state index is -0.900. The van der Waals surface area contributed by atoms with E-state index in [0.29, 0.717) is 12.0 Å². The summed E-state index contributed by atoms with van der Waals surface area (Å²) in [6, 6.07) is 13.8. The van der Waals surface area contributed by atoms with Crippen LogP contribution in [-0.4, -0.2) is 47.2 Å². The number of benzene rings is 2. The normalized spacial score (nSPS) is 18.6. The molecule has 0 radical (unpaired) electrons. The van der Waals surface area contributed by atoms with Gasteiger partial charge in [-0.3, -0.25) is 9.88 Å². The van der Waals surface area contributed by atoms with Gasteiger partial charge in [-0.2, -0.15) is 0 Å². The van der Waals surface area contributed by atoms with E-state index in [1.54, 1.807) is 6.07 Å². The van der Waals surface area contributed by atoms with Gasteiger partial charge in [-0.25, -0.2) is 9.18 Å². The third kappa shape index (κ3) is 7.26. The number of anilines is 1. The monoisotopic (exact) mass is 641 g/mol. The fourth-order valence-corrected chi connectivity index (χ4v) is 7.86. The molecule has 2 aliphatic heterocycles. The van der Waals surface area contributed by atoms with Crippen LogP contribution >= 0.6 is 0 Å². The molecule has 0 amide bonds. The fourth-order valence-electron chi connectivity index (χ4n) is 7.86. The van der Waals surface area contributed by atoms with E-state index in [1.165, 1.54) is 36.5 Å². The van der Waals surface area contributed by atoms with Crippen LogP contribution in [0.3, 0.4) is 0 Å². The molecule has 0 bridgehead atoms. The molecule has 252 valence electrons. The zero-order valence-electron chi connectivity index (χ0n) is 29.4. The van der Waals surface area contributed by atoms with Gasteiger partial charge in [-0.15, -0.1) is 0 Å². The summed E-state index contributed by atoms with van der Waals surface area (Å²) in [4.78, 5) is 23.8. The highest BCUT2D eigenvalue weighted by Gasteiger charge is 2.42. The molecule has 1 saturated carbocycles. The van der Waals surface area contributed by atoms with Crippen LogP contribution < -0.4 is 4.90 Å². The summed E-state index contributed by atoms with van der Waals surface area (Å²) in [6.07, 6.45) is 6.03. The molecular weight excluding hydrogens is 589 g/mol. The number of esters is 1. The number of piperidine rings is 1. The molecule has 6 nitrogen and oxygen atoms in total. The van der Waals surface area contributed by atoms with Gasteiger partial charge >= 0.3 is 5.97 Å². The number of fused-ring (bicyclic) bond motifs is 1. The minimum absolute atomic E-state index is 0.147. The van der Waals surface area contributed by atoms with Gasteiger partial charge in [0.1, 0.15) is 5.82 Å². The van der Waals surface area contributed by atoms with Gasteiger partial charge in [0.15, 0.2) is 6.10 Å². The van der Waals surface area contributed by atoms with Gasteiger partial charge in [0.2, 0.25) is 0 Å². The first-order valence-electron chi connectivity index (χ1n) is 17.5. The SMILES string of the molecule is Cc1nc(C)c(C(OC(C)(C)C)C(=O)OC(C)C)c(N2CCC3(CCC3)CC2)c1-c1ccc2c(c1)CCN(Cc1ccccc1F)C2. The largest absolute Gasteiger partial charge is 0.461 e. The predicted molar refractivity (Wildman–Crippen MR) is 186 cm³/mol. The summed E-state index contributed by atoms with van der Waals surface area (Å²) >= 11 is 0. The Hall–Kier alpha value is -3.29. The van der Waals surface area contributed by atoms with E-state index in [1.807, 2.05) is 53.7 Å². The minimum Gasteiger partial charge on any atom is -0.461 e. The van der Waals surface area contributed by atoms with Gasteiger partial charge < -0.3 is 14.4 Å². The number of aromatic nitrogens is 1. The van der Waals surface area contributed by atoms with Crippen LogP contribution in [0.25, 0.3) is 11.1 Å².